The van der Waals surface area contributed by atoms with E-state index in [-0.39, 0.29) is 12.0 Å². The average Bonchev–Trinajstić information content (AvgIpc) is 3.00. The minimum atomic E-state index is -0.207. The summed E-state index contributed by atoms with van der Waals surface area (Å²) in [4.78, 5) is 15.6. The average molecular weight is 336 g/mol. The van der Waals surface area contributed by atoms with Crippen LogP contribution in [0.15, 0.2) is 35.7 Å². The molecule has 5 heteroatoms. The van der Waals surface area contributed by atoms with Gasteiger partial charge in [0.25, 0.3) is 0 Å². The van der Waals surface area contributed by atoms with E-state index in [4.69, 9.17) is 16.3 Å². The molecule has 3 nitrogen and oxygen atoms in total. The second-order valence-corrected chi connectivity index (χ2v) is 6.81. The second kappa shape index (κ2) is 6.82. The number of carbonyl (C=O) groups excluding carboxylic acids is 1. The van der Waals surface area contributed by atoms with Crippen molar-refractivity contribution in [2.24, 2.45) is 0 Å². The van der Waals surface area contributed by atoms with Crippen LogP contribution in [0.5, 0.6) is 0 Å². The first-order valence-electron chi connectivity index (χ1n) is 7.29. The summed E-state index contributed by atoms with van der Waals surface area (Å²) in [6.07, 6.45) is 1.34. The van der Waals surface area contributed by atoms with Gasteiger partial charge in [-0.2, -0.15) is 0 Å². The molecule has 1 unspecified atom stereocenters. The fourth-order valence-electron chi connectivity index (χ4n) is 2.94. The van der Waals surface area contributed by atoms with Gasteiger partial charge in [0.1, 0.15) is 0 Å². The maximum atomic E-state index is 11.9. The van der Waals surface area contributed by atoms with E-state index in [0.717, 1.165) is 25.1 Å². The first-order valence-corrected chi connectivity index (χ1v) is 8.55. The van der Waals surface area contributed by atoms with Gasteiger partial charge >= 0.3 is 5.97 Å². The van der Waals surface area contributed by atoms with Crippen LogP contribution in [0, 0.1) is 0 Å². The van der Waals surface area contributed by atoms with Crippen LogP contribution in [0.25, 0.3) is 0 Å². The molecular formula is C17H18ClNO2S. The summed E-state index contributed by atoms with van der Waals surface area (Å²) in [6, 6.07) is 9.90. The molecule has 2 aromatic rings. The van der Waals surface area contributed by atoms with E-state index in [2.05, 4.69) is 16.3 Å². The van der Waals surface area contributed by atoms with E-state index in [0.29, 0.717) is 11.4 Å². The van der Waals surface area contributed by atoms with Crippen molar-refractivity contribution >= 4 is 28.9 Å². The van der Waals surface area contributed by atoms with Crippen LogP contribution in [0.1, 0.15) is 28.5 Å². The Labute approximate surface area is 139 Å². The summed E-state index contributed by atoms with van der Waals surface area (Å²) in [5, 5.41) is 2.84. The number of methoxy groups -OCH3 is 1. The van der Waals surface area contributed by atoms with Crippen molar-refractivity contribution in [1.82, 2.24) is 4.90 Å². The molecule has 0 spiro atoms. The van der Waals surface area contributed by atoms with Crippen molar-refractivity contribution in [1.29, 1.82) is 0 Å². The summed E-state index contributed by atoms with van der Waals surface area (Å²) in [6.45, 7) is 1.79. The van der Waals surface area contributed by atoms with Gasteiger partial charge in [0.2, 0.25) is 0 Å². The lowest BCUT2D eigenvalue weighted by molar-refractivity contribution is -0.142. The van der Waals surface area contributed by atoms with Gasteiger partial charge < -0.3 is 4.74 Å². The molecule has 0 saturated carbocycles. The number of hydrogen-bond donors (Lipinski definition) is 0. The van der Waals surface area contributed by atoms with E-state index >= 15 is 0 Å². The number of benzene rings is 1. The van der Waals surface area contributed by atoms with Crippen molar-refractivity contribution in [2.75, 3.05) is 13.7 Å². The van der Waals surface area contributed by atoms with Crippen LogP contribution in [0.2, 0.25) is 5.02 Å². The van der Waals surface area contributed by atoms with Crippen LogP contribution in [-0.4, -0.2) is 24.5 Å². The van der Waals surface area contributed by atoms with E-state index in [1.54, 1.807) is 11.3 Å². The number of hydrogen-bond acceptors (Lipinski definition) is 4. The Morgan fingerprint density at radius 3 is 3.00 bits per heavy atom. The Morgan fingerprint density at radius 2 is 2.23 bits per heavy atom. The number of esters is 1. The summed E-state index contributed by atoms with van der Waals surface area (Å²) < 4.78 is 4.88. The first kappa shape index (κ1) is 15.5. The third-order valence-corrected chi connectivity index (χ3v) is 5.44. The van der Waals surface area contributed by atoms with Crippen LogP contribution < -0.4 is 0 Å². The van der Waals surface area contributed by atoms with Crippen LogP contribution in [0.4, 0.5) is 0 Å². The highest BCUT2D eigenvalue weighted by Crippen LogP contribution is 2.35. The Bertz CT molecular complexity index is 670. The third kappa shape index (κ3) is 3.19. The van der Waals surface area contributed by atoms with Gasteiger partial charge in [-0.25, -0.2) is 0 Å². The standard InChI is InChI=1S/C17H18ClNO2S/c1-21-17(20)10-15(13-4-2-3-5-14(13)18)19-8-6-12-7-9-22-16(12)11-19/h2-5,7,9,15H,6,8,10-11H2,1H3. The molecule has 1 aromatic carbocycles. The number of thiophene rings is 1. The molecule has 1 aliphatic heterocycles. The molecule has 1 atom stereocenters. The van der Waals surface area contributed by atoms with Crippen molar-refractivity contribution in [2.45, 2.75) is 25.4 Å². The van der Waals surface area contributed by atoms with Crippen LogP contribution in [-0.2, 0) is 22.5 Å². The summed E-state index contributed by atoms with van der Waals surface area (Å²) in [5.74, 6) is -0.207. The molecule has 1 aromatic heterocycles. The zero-order valence-corrected chi connectivity index (χ0v) is 14.0. The zero-order chi connectivity index (χ0) is 15.5. The maximum Gasteiger partial charge on any atom is 0.307 e. The van der Waals surface area contributed by atoms with Gasteiger partial charge in [0, 0.05) is 29.0 Å². The SMILES string of the molecule is COC(=O)CC(c1ccccc1Cl)N1CCc2ccsc2C1. The van der Waals surface area contributed by atoms with Gasteiger partial charge in [-0.05, 0) is 35.1 Å². The maximum absolute atomic E-state index is 11.9. The molecule has 0 aliphatic carbocycles. The lowest BCUT2D eigenvalue weighted by atomic mass is 9.98. The van der Waals surface area contributed by atoms with E-state index in [9.17, 15) is 4.79 Å². The fourth-order valence-corrected chi connectivity index (χ4v) is 4.16. The number of carbonyl (C=O) groups is 1. The first-order chi connectivity index (χ1) is 10.7. The molecular weight excluding hydrogens is 318 g/mol. The quantitative estimate of drug-likeness (QED) is 0.789. The molecule has 3 rings (SSSR count). The summed E-state index contributed by atoms with van der Waals surface area (Å²) >= 11 is 8.15. The van der Waals surface area contributed by atoms with E-state index in [1.807, 2.05) is 24.3 Å². The van der Waals surface area contributed by atoms with Crippen LogP contribution in [0.3, 0.4) is 0 Å². The Balaban J connectivity index is 1.89. The molecule has 0 radical (unpaired) electrons. The normalized spacial score (nSPS) is 16.1. The zero-order valence-electron chi connectivity index (χ0n) is 12.4. The fraction of sp³-hybridized carbons (Fsp3) is 0.353. The predicted molar refractivity (Wildman–Crippen MR) is 89.3 cm³/mol. The van der Waals surface area contributed by atoms with Crippen molar-refractivity contribution in [3.63, 3.8) is 0 Å². The third-order valence-electron chi connectivity index (χ3n) is 4.15. The number of fused-ring (bicyclic) bond motifs is 1. The highest BCUT2D eigenvalue weighted by molar-refractivity contribution is 7.10. The van der Waals surface area contributed by atoms with Gasteiger partial charge in [-0.1, -0.05) is 29.8 Å². The molecule has 2 heterocycles. The van der Waals surface area contributed by atoms with E-state index in [1.165, 1.54) is 17.6 Å². The molecule has 0 fully saturated rings. The topological polar surface area (TPSA) is 29.5 Å². The predicted octanol–water partition coefficient (Wildman–Crippen LogP) is 4.06. The lowest BCUT2D eigenvalue weighted by Crippen LogP contribution is -2.35. The minimum Gasteiger partial charge on any atom is -0.469 e. The molecule has 0 bridgehead atoms. The van der Waals surface area contributed by atoms with Gasteiger partial charge in [-0.3, -0.25) is 9.69 Å². The van der Waals surface area contributed by atoms with Crippen LogP contribution >= 0.6 is 22.9 Å². The monoisotopic (exact) mass is 335 g/mol. The smallest absolute Gasteiger partial charge is 0.307 e. The number of ether oxygens (including phenoxy) is 1. The molecule has 0 amide bonds. The molecule has 0 N–H and O–H groups in total. The number of halogens is 1. The Kier molecular flexibility index (Phi) is 4.81. The molecule has 0 saturated heterocycles. The second-order valence-electron chi connectivity index (χ2n) is 5.41. The molecule has 116 valence electrons. The van der Waals surface area contributed by atoms with E-state index < -0.39 is 0 Å². The highest BCUT2D eigenvalue weighted by atomic mass is 35.5. The lowest BCUT2D eigenvalue weighted by Gasteiger charge is -2.34. The molecule has 22 heavy (non-hydrogen) atoms. The van der Waals surface area contributed by atoms with Gasteiger partial charge in [0.05, 0.1) is 13.5 Å². The van der Waals surface area contributed by atoms with Crippen molar-refractivity contribution in [3.8, 4) is 0 Å². The molecule has 1 aliphatic rings. The van der Waals surface area contributed by atoms with Gasteiger partial charge in [-0.15, -0.1) is 11.3 Å². The Hall–Kier alpha value is -1.36. The largest absolute Gasteiger partial charge is 0.469 e. The van der Waals surface area contributed by atoms with Gasteiger partial charge in [0.15, 0.2) is 0 Å². The Morgan fingerprint density at radius 1 is 1.41 bits per heavy atom. The number of rotatable bonds is 4. The summed E-state index contributed by atoms with van der Waals surface area (Å²) in [5.41, 5.74) is 2.42. The van der Waals surface area contributed by atoms with Crippen molar-refractivity contribution in [3.05, 3.63) is 56.7 Å². The highest BCUT2D eigenvalue weighted by Gasteiger charge is 2.28. The summed E-state index contributed by atoms with van der Waals surface area (Å²) in [7, 11) is 1.43. The minimum absolute atomic E-state index is 0.0450. The number of nitrogens with zero attached hydrogens (tertiary/aromatic N) is 1. The van der Waals surface area contributed by atoms with Crippen molar-refractivity contribution < 1.29 is 9.53 Å².